The summed E-state index contributed by atoms with van der Waals surface area (Å²) in [6, 6.07) is 0. The second kappa shape index (κ2) is 6.15. The maximum absolute atomic E-state index is 9.79. The van der Waals surface area contributed by atoms with Gasteiger partial charge >= 0.3 is 24.8 Å². The molecule has 0 aromatic heterocycles. The summed E-state index contributed by atoms with van der Waals surface area (Å²) in [5.41, 5.74) is 0. The number of aliphatic hydroxyl groups is 1. The summed E-state index contributed by atoms with van der Waals surface area (Å²) in [6.45, 7) is 1.57. The van der Waals surface area contributed by atoms with Crippen molar-refractivity contribution in [3.8, 4) is 0 Å². The van der Waals surface area contributed by atoms with Gasteiger partial charge < -0.3 is 11.6 Å². The van der Waals surface area contributed by atoms with Crippen LogP contribution in [0, 0.1) is 0 Å². The summed E-state index contributed by atoms with van der Waals surface area (Å²) in [4.78, 5) is 9.79. The Morgan fingerprint density at radius 3 is 2.33 bits per heavy atom. The molecule has 2 N–H and O–H groups in total. The average Bonchev–Trinajstić information content (AvgIpc) is 1.61. The van der Waals surface area contributed by atoms with Crippen molar-refractivity contribution in [1.82, 2.24) is 0 Å². The maximum Gasteiger partial charge on any atom is 1.00 e. The molecule has 50 valence electrons. The van der Waals surface area contributed by atoms with Crippen LogP contribution in [0.5, 0.6) is 0 Å². The van der Waals surface area contributed by atoms with Crippen LogP contribution in [-0.2, 0) is 4.79 Å². The standard InChI is InChI=1S/C5H10O3.Li.H/c1-4(6)2-3-5(7)8;;/h4,6H,2-3H2,1H3,(H,7,8);;/q;+1;-1. The van der Waals surface area contributed by atoms with E-state index in [9.17, 15) is 4.79 Å². The minimum Gasteiger partial charge on any atom is -1.00 e. The molecule has 0 aliphatic heterocycles. The Morgan fingerprint density at radius 2 is 2.22 bits per heavy atom. The van der Waals surface area contributed by atoms with Gasteiger partial charge in [0.15, 0.2) is 0 Å². The monoisotopic (exact) mass is 126 g/mol. The van der Waals surface area contributed by atoms with Crippen molar-refractivity contribution >= 4 is 5.97 Å². The average molecular weight is 126 g/mol. The minimum absolute atomic E-state index is 0. The van der Waals surface area contributed by atoms with Gasteiger partial charge in [0.1, 0.15) is 0 Å². The smallest absolute Gasteiger partial charge is 1.00 e. The summed E-state index contributed by atoms with van der Waals surface area (Å²) in [6.07, 6.45) is -0.0985. The van der Waals surface area contributed by atoms with Crippen LogP contribution in [-0.4, -0.2) is 22.3 Å². The number of rotatable bonds is 3. The second-order valence-electron chi connectivity index (χ2n) is 1.78. The van der Waals surface area contributed by atoms with Crippen LogP contribution in [0.3, 0.4) is 0 Å². The van der Waals surface area contributed by atoms with Gasteiger partial charge in [0, 0.05) is 6.42 Å². The number of aliphatic hydroxyl groups excluding tert-OH is 1. The summed E-state index contributed by atoms with van der Waals surface area (Å²) in [7, 11) is 0. The van der Waals surface area contributed by atoms with Gasteiger partial charge in [-0.3, -0.25) is 4.79 Å². The quantitative estimate of drug-likeness (QED) is 0.406. The molecule has 0 spiro atoms. The third-order valence-electron chi connectivity index (χ3n) is 0.776. The number of hydrogen-bond donors (Lipinski definition) is 2. The predicted molar refractivity (Wildman–Crippen MR) is 29.7 cm³/mol. The largest absolute Gasteiger partial charge is 1.00 e. The van der Waals surface area contributed by atoms with E-state index in [4.69, 9.17) is 10.2 Å². The van der Waals surface area contributed by atoms with Crippen molar-refractivity contribution in [2.75, 3.05) is 0 Å². The van der Waals surface area contributed by atoms with E-state index in [-0.39, 0.29) is 26.7 Å². The fourth-order valence-electron chi connectivity index (χ4n) is 0.332. The van der Waals surface area contributed by atoms with Gasteiger partial charge in [-0.2, -0.15) is 0 Å². The van der Waals surface area contributed by atoms with E-state index in [1.165, 1.54) is 0 Å². The summed E-state index contributed by atoms with van der Waals surface area (Å²) in [5.74, 6) is -0.856. The van der Waals surface area contributed by atoms with Crippen molar-refractivity contribution < 1.29 is 35.3 Å². The molecule has 9 heavy (non-hydrogen) atoms. The molecule has 0 aromatic carbocycles. The Morgan fingerprint density at radius 1 is 1.78 bits per heavy atom. The molecule has 0 aliphatic carbocycles. The fourth-order valence-corrected chi connectivity index (χ4v) is 0.332. The van der Waals surface area contributed by atoms with E-state index in [1.54, 1.807) is 6.92 Å². The number of carboxylic acid groups (broad SMARTS) is 1. The van der Waals surface area contributed by atoms with Crippen LogP contribution in [0.2, 0.25) is 0 Å². The molecule has 0 heterocycles. The molecule has 4 heteroatoms. The van der Waals surface area contributed by atoms with Crippen molar-refractivity contribution in [2.45, 2.75) is 25.9 Å². The van der Waals surface area contributed by atoms with Crippen LogP contribution in [0.25, 0.3) is 0 Å². The molecule has 0 amide bonds. The zero-order chi connectivity index (χ0) is 6.57. The Hall–Kier alpha value is 0.0274. The van der Waals surface area contributed by atoms with E-state index >= 15 is 0 Å². The molecule has 0 saturated heterocycles. The second-order valence-corrected chi connectivity index (χ2v) is 1.78. The third kappa shape index (κ3) is 11.5. The predicted octanol–water partition coefficient (Wildman–Crippen LogP) is -2.65. The first kappa shape index (κ1) is 11.8. The maximum atomic E-state index is 9.79. The van der Waals surface area contributed by atoms with E-state index in [0.29, 0.717) is 6.42 Å². The number of carboxylic acids is 1. The van der Waals surface area contributed by atoms with E-state index in [1.807, 2.05) is 0 Å². The summed E-state index contributed by atoms with van der Waals surface area (Å²) >= 11 is 0. The van der Waals surface area contributed by atoms with Gasteiger partial charge in [0.2, 0.25) is 0 Å². The Balaban J connectivity index is -0.000000245. The normalized spacial score (nSPS) is 11.8. The van der Waals surface area contributed by atoms with Gasteiger partial charge in [-0.05, 0) is 13.3 Å². The van der Waals surface area contributed by atoms with E-state index in [0.717, 1.165) is 0 Å². The number of hydrogen-bond acceptors (Lipinski definition) is 2. The van der Waals surface area contributed by atoms with Crippen LogP contribution < -0.4 is 18.9 Å². The molecule has 3 nitrogen and oxygen atoms in total. The van der Waals surface area contributed by atoms with Crippen LogP contribution in [0.1, 0.15) is 21.2 Å². The summed E-state index contributed by atoms with van der Waals surface area (Å²) in [5, 5.41) is 16.6. The molecule has 1 atom stereocenters. The molecule has 0 aromatic rings. The third-order valence-corrected chi connectivity index (χ3v) is 0.776. The molecule has 0 fully saturated rings. The first-order valence-electron chi connectivity index (χ1n) is 2.53. The van der Waals surface area contributed by atoms with Crippen molar-refractivity contribution in [3.05, 3.63) is 0 Å². The van der Waals surface area contributed by atoms with Gasteiger partial charge in [-0.15, -0.1) is 0 Å². The van der Waals surface area contributed by atoms with Gasteiger partial charge in [0.25, 0.3) is 0 Å². The Labute approximate surface area is 67.7 Å². The fraction of sp³-hybridized carbons (Fsp3) is 0.800. The van der Waals surface area contributed by atoms with Crippen molar-refractivity contribution in [3.63, 3.8) is 0 Å². The molecule has 0 radical (unpaired) electrons. The zero-order valence-electron chi connectivity index (χ0n) is 6.79. The van der Waals surface area contributed by atoms with Crippen LogP contribution in [0.15, 0.2) is 0 Å². The summed E-state index contributed by atoms with van der Waals surface area (Å²) < 4.78 is 0. The number of aliphatic carboxylic acids is 1. The molecule has 1 unspecified atom stereocenters. The first-order valence-corrected chi connectivity index (χ1v) is 2.53. The molecular formula is C5H11LiO3. The van der Waals surface area contributed by atoms with Gasteiger partial charge in [-0.1, -0.05) is 0 Å². The van der Waals surface area contributed by atoms with Crippen LogP contribution in [0.4, 0.5) is 0 Å². The van der Waals surface area contributed by atoms with Crippen molar-refractivity contribution in [1.29, 1.82) is 0 Å². The van der Waals surface area contributed by atoms with E-state index < -0.39 is 12.1 Å². The first-order chi connectivity index (χ1) is 3.63. The SMILES string of the molecule is CC(O)CCC(=O)O.[H-].[Li+]. The molecule has 0 rings (SSSR count). The molecule has 0 saturated carbocycles. The molecular weight excluding hydrogens is 115 g/mol. The topological polar surface area (TPSA) is 57.5 Å². The molecule has 0 aliphatic rings. The van der Waals surface area contributed by atoms with Gasteiger partial charge in [0.05, 0.1) is 6.10 Å². The van der Waals surface area contributed by atoms with Gasteiger partial charge in [-0.25, -0.2) is 0 Å². The Kier molecular flexibility index (Phi) is 8.05. The van der Waals surface area contributed by atoms with E-state index in [2.05, 4.69) is 0 Å². The minimum atomic E-state index is -0.856. The zero-order valence-corrected chi connectivity index (χ0v) is 5.79. The Bertz CT molecular complexity index is 87.0. The van der Waals surface area contributed by atoms with Crippen LogP contribution >= 0.6 is 0 Å². The number of carbonyl (C=O) groups is 1. The molecule has 0 bridgehead atoms. The van der Waals surface area contributed by atoms with Crippen molar-refractivity contribution in [2.24, 2.45) is 0 Å².